The van der Waals surface area contributed by atoms with Crippen molar-refractivity contribution in [1.29, 1.82) is 0 Å². The van der Waals surface area contributed by atoms with Crippen molar-refractivity contribution >= 4 is 39.0 Å². The number of para-hydroxylation sites is 2. The molecule has 1 aromatic heterocycles. The number of anilines is 3. The first-order valence-corrected chi connectivity index (χ1v) is 19.9. The fraction of sp³-hybridized carbons (Fsp3) is 0.0741. The van der Waals surface area contributed by atoms with E-state index < -0.39 is 0 Å². The zero-order valence-corrected chi connectivity index (χ0v) is 31.4. The largest absolute Gasteiger partial charge is 0.489 e. The summed E-state index contributed by atoms with van der Waals surface area (Å²) in [5.41, 5.74) is 15.8. The Morgan fingerprint density at radius 3 is 1.70 bits per heavy atom. The Balaban J connectivity index is 0.964. The predicted octanol–water partition coefficient (Wildman–Crippen LogP) is 14.9. The second-order valence-corrected chi connectivity index (χ2v) is 15.1. The van der Waals surface area contributed by atoms with E-state index in [-0.39, 0.29) is 12.0 Å². The number of nitrogens with zero attached hydrogens (tertiary/aromatic N) is 1. The molecule has 3 heteroatoms. The Morgan fingerprint density at radius 1 is 0.439 bits per heavy atom. The van der Waals surface area contributed by atoms with Gasteiger partial charge in [0.15, 0.2) is 0 Å². The number of ether oxygens (including phenoxy) is 1. The molecule has 9 aromatic rings. The van der Waals surface area contributed by atoms with Crippen LogP contribution < -0.4 is 9.64 Å². The Bertz CT molecular complexity index is 2910. The Morgan fingerprint density at radius 2 is 0.982 bits per heavy atom. The fourth-order valence-corrected chi connectivity index (χ4v) is 8.84. The van der Waals surface area contributed by atoms with Crippen LogP contribution in [0.15, 0.2) is 205 Å². The minimum Gasteiger partial charge on any atom is -0.489 e. The lowest BCUT2D eigenvalue weighted by atomic mass is 9.85. The third-order valence-corrected chi connectivity index (χ3v) is 11.7. The summed E-state index contributed by atoms with van der Waals surface area (Å²) in [6, 6.07) is 67.4. The van der Waals surface area contributed by atoms with E-state index >= 15 is 0 Å². The van der Waals surface area contributed by atoms with Crippen molar-refractivity contribution < 1.29 is 9.15 Å². The van der Waals surface area contributed by atoms with Crippen LogP contribution in [0, 0.1) is 0 Å². The van der Waals surface area contributed by atoms with Crippen LogP contribution in [0.25, 0.3) is 66.4 Å². The second kappa shape index (κ2) is 13.9. The summed E-state index contributed by atoms with van der Waals surface area (Å²) >= 11 is 0. The lowest BCUT2D eigenvalue weighted by Gasteiger charge is -2.26. The number of hydrogen-bond acceptors (Lipinski definition) is 3. The maximum atomic E-state index is 6.64. The zero-order valence-electron chi connectivity index (χ0n) is 31.4. The molecule has 0 saturated heterocycles. The first-order chi connectivity index (χ1) is 28.2. The highest BCUT2D eigenvalue weighted by atomic mass is 16.5. The molecule has 0 spiro atoms. The summed E-state index contributed by atoms with van der Waals surface area (Å²) in [5.74, 6) is 1.27. The Hall–Kier alpha value is -7.10. The second-order valence-electron chi connectivity index (χ2n) is 15.1. The third kappa shape index (κ3) is 6.00. The number of allylic oxidation sites excluding steroid dienone is 1. The molecule has 0 amide bonds. The predicted molar refractivity (Wildman–Crippen MR) is 236 cm³/mol. The molecule has 0 fully saturated rings. The summed E-state index contributed by atoms with van der Waals surface area (Å²) in [4.78, 5) is 2.32. The zero-order chi connectivity index (χ0) is 37.7. The molecule has 272 valence electrons. The minimum atomic E-state index is 0.188. The third-order valence-electron chi connectivity index (χ3n) is 11.7. The van der Waals surface area contributed by atoms with Crippen molar-refractivity contribution in [2.24, 2.45) is 0 Å². The molecule has 2 heterocycles. The summed E-state index contributed by atoms with van der Waals surface area (Å²) in [7, 11) is 0. The van der Waals surface area contributed by atoms with E-state index in [4.69, 9.17) is 9.15 Å². The molecular formula is C54H39NO2. The van der Waals surface area contributed by atoms with Crippen LogP contribution >= 0.6 is 0 Å². The highest BCUT2D eigenvalue weighted by Crippen LogP contribution is 2.49. The molecular weight excluding hydrogens is 695 g/mol. The van der Waals surface area contributed by atoms with Gasteiger partial charge < -0.3 is 14.1 Å². The van der Waals surface area contributed by atoms with Crippen LogP contribution in [0.2, 0.25) is 0 Å². The van der Waals surface area contributed by atoms with Crippen molar-refractivity contribution in [3.63, 3.8) is 0 Å². The SMILES string of the molecule is C1=CC2c3cc(-c4ccc5c(c4)oc4ccccc45)c(-c4ccc(N(c5ccccc5)c5ccc(-c6ccc(-c7ccccc7)cc6)cc5)cc4)cc3OC2CC1. The van der Waals surface area contributed by atoms with Crippen molar-refractivity contribution in [3.05, 3.63) is 206 Å². The van der Waals surface area contributed by atoms with Crippen molar-refractivity contribution in [3.8, 4) is 50.3 Å². The average Bonchev–Trinajstić information content (AvgIpc) is 3.85. The van der Waals surface area contributed by atoms with Crippen LogP contribution in [-0.2, 0) is 0 Å². The molecule has 1 aliphatic heterocycles. The Labute approximate surface area is 332 Å². The Kier molecular flexibility index (Phi) is 8.10. The first-order valence-electron chi connectivity index (χ1n) is 19.9. The van der Waals surface area contributed by atoms with Gasteiger partial charge in [0.25, 0.3) is 0 Å². The van der Waals surface area contributed by atoms with Crippen LogP contribution in [0.3, 0.4) is 0 Å². The van der Waals surface area contributed by atoms with Gasteiger partial charge >= 0.3 is 0 Å². The molecule has 0 bridgehead atoms. The molecule has 0 N–H and O–H groups in total. The van der Waals surface area contributed by atoms with Gasteiger partial charge in [-0.25, -0.2) is 0 Å². The monoisotopic (exact) mass is 733 g/mol. The van der Waals surface area contributed by atoms with Gasteiger partial charge in [-0.15, -0.1) is 0 Å². The van der Waals surface area contributed by atoms with Crippen molar-refractivity contribution in [2.45, 2.75) is 24.9 Å². The number of fused-ring (bicyclic) bond motifs is 6. The normalized spacial score (nSPS) is 15.6. The molecule has 11 rings (SSSR count). The molecule has 8 aromatic carbocycles. The van der Waals surface area contributed by atoms with Crippen molar-refractivity contribution in [1.82, 2.24) is 0 Å². The maximum absolute atomic E-state index is 6.64. The van der Waals surface area contributed by atoms with Gasteiger partial charge in [0, 0.05) is 39.3 Å². The smallest absolute Gasteiger partial charge is 0.136 e. The van der Waals surface area contributed by atoms with E-state index in [1.807, 2.05) is 12.1 Å². The van der Waals surface area contributed by atoms with E-state index in [0.29, 0.717) is 0 Å². The van der Waals surface area contributed by atoms with E-state index in [2.05, 4.69) is 193 Å². The number of benzene rings is 8. The quantitative estimate of drug-likeness (QED) is 0.153. The topological polar surface area (TPSA) is 25.6 Å². The van der Waals surface area contributed by atoms with Gasteiger partial charge in [-0.05, 0) is 124 Å². The first kappa shape index (κ1) is 33.3. The molecule has 1 aliphatic carbocycles. The van der Waals surface area contributed by atoms with Gasteiger partial charge in [0.1, 0.15) is 23.0 Å². The molecule has 57 heavy (non-hydrogen) atoms. The standard InChI is InChI=1S/C54H39NO2/c1-3-11-36(12-4-1)37-19-21-38(22-20-37)39-23-28-43(29-24-39)55(42-13-5-2-6-14-42)44-30-25-40(26-31-44)49-35-54-50(46-16-8-10-18-52(46)57-54)34-48(49)41-27-32-47-45-15-7-9-17-51(45)56-53(47)33-41/h1-9,11-17,19-35,46,52H,10,18H2. The van der Waals surface area contributed by atoms with E-state index in [9.17, 15) is 0 Å². The van der Waals surface area contributed by atoms with Crippen LogP contribution in [0.4, 0.5) is 17.1 Å². The van der Waals surface area contributed by atoms with E-state index in [1.165, 1.54) is 33.4 Å². The molecule has 2 atom stereocenters. The highest BCUT2D eigenvalue weighted by Gasteiger charge is 2.35. The summed E-state index contributed by atoms with van der Waals surface area (Å²) < 4.78 is 13.0. The van der Waals surface area contributed by atoms with Gasteiger partial charge in [-0.1, -0.05) is 133 Å². The van der Waals surface area contributed by atoms with Crippen LogP contribution in [-0.4, -0.2) is 6.10 Å². The van der Waals surface area contributed by atoms with E-state index in [0.717, 1.165) is 74.3 Å². The van der Waals surface area contributed by atoms with Gasteiger partial charge in [0.2, 0.25) is 0 Å². The number of hydrogen-bond donors (Lipinski definition) is 0. The summed E-state index contributed by atoms with van der Waals surface area (Å²) in [6.07, 6.45) is 6.93. The summed E-state index contributed by atoms with van der Waals surface area (Å²) in [6.45, 7) is 0. The van der Waals surface area contributed by atoms with E-state index in [1.54, 1.807) is 0 Å². The molecule has 2 unspecified atom stereocenters. The van der Waals surface area contributed by atoms with Gasteiger partial charge in [-0.3, -0.25) is 0 Å². The van der Waals surface area contributed by atoms with Gasteiger partial charge in [0.05, 0.1) is 0 Å². The molecule has 0 saturated carbocycles. The molecule has 3 nitrogen and oxygen atoms in total. The minimum absolute atomic E-state index is 0.188. The lowest BCUT2D eigenvalue weighted by Crippen LogP contribution is -2.19. The average molecular weight is 734 g/mol. The highest BCUT2D eigenvalue weighted by molar-refractivity contribution is 6.06. The fourth-order valence-electron chi connectivity index (χ4n) is 8.84. The lowest BCUT2D eigenvalue weighted by molar-refractivity contribution is 0.204. The number of furan rings is 1. The maximum Gasteiger partial charge on any atom is 0.136 e. The van der Waals surface area contributed by atoms with Crippen molar-refractivity contribution in [2.75, 3.05) is 4.90 Å². The van der Waals surface area contributed by atoms with Crippen LogP contribution in [0.5, 0.6) is 5.75 Å². The summed E-state index contributed by atoms with van der Waals surface area (Å²) in [5, 5.41) is 2.28. The molecule has 2 aliphatic rings. The van der Waals surface area contributed by atoms with Gasteiger partial charge in [-0.2, -0.15) is 0 Å². The van der Waals surface area contributed by atoms with Crippen LogP contribution in [0.1, 0.15) is 24.3 Å². The molecule has 0 radical (unpaired) electrons. The number of rotatable bonds is 7.